The molecule has 0 fully saturated rings. The van der Waals surface area contributed by atoms with Crippen molar-refractivity contribution >= 4 is 21.7 Å². The lowest BCUT2D eigenvalue weighted by atomic mass is 10.1. The lowest BCUT2D eigenvalue weighted by Crippen LogP contribution is -2.03. The molecule has 0 N–H and O–H groups in total. The second-order valence-corrected chi connectivity index (χ2v) is 4.52. The average molecular weight is 297 g/mol. The van der Waals surface area contributed by atoms with E-state index >= 15 is 0 Å². The maximum Gasteiger partial charge on any atom is 0.202 e. The van der Waals surface area contributed by atoms with Crippen LogP contribution in [0.5, 0.6) is 0 Å². The fraction of sp³-hybridized carbons (Fsp3) is 0.154. The van der Waals surface area contributed by atoms with Gasteiger partial charge in [-0.3, -0.25) is 4.79 Å². The molecule has 17 heavy (non-hydrogen) atoms. The number of rotatable bonds is 3. The standard InChI is InChI=1S/C13H10BrFO2/c1-8-5-6-12(17-8)11(16)7-9-3-2-4-10(15)13(9)14/h2-6H,7H2,1H3. The molecule has 1 aromatic heterocycles. The summed E-state index contributed by atoms with van der Waals surface area (Å²) in [5.41, 5.74) is 0.615. The van der Waals surface area contributed by atoms with Crippen LogP contribution in [0.4, 0.5) is 4.39 Å². The molecule has 0 unspecified atom stereocenters. The second-order valence-electron chi connectivity index (χ2n) is 3.72. The highest BCUT2D eigenvalue weighted by Crippen LogP contribution is 2.22. The number of aryl methyl sites for hydroxylation is 1. The average Bonchev–Trinajstić information content (AvgIpc) is 2.72. The Morgan fingerprint density at radius 1 is 1.35 bits per heavy atom. The lowest BCUT2D eigenvalue weighted by Gasteiger charge is -2.03. The van der Waals surface area contributed by atoms with Gasteiger partial charge in [0.05, 0.1) is 4.47 Å². The lowest BCUT2D eigenvalue weighted by molar-refractivity contribution is 0.0965. The molecule has 2 aromatic rings. The van der Waals surface area contributed by atoms with Gasteiger partial charge < -0.3 is 4.42 Å². The summed E-state index contributed by atoms with van der Waals surface area (Å²) in [6.07, 6.45) is 0.116. The summed E-state index contributed by atoms with van der Waals surface area (Å²) in [5, 5.41) is 0. The molecule has 0 bridgehead atoms. The van der Waals surface area contributed by atoms with E-state index in [1.807, 2.05) is 0 Å². The Morgan fingerprint density at radius 2 is 2.12 bits per heavy atom. The Morgan fingerprint density at radius 3 is 2.76 bits per heavy atom. The Labute approximate surface area is 107 Å². The molecule has 88 valence electrons. The van der Waals surface area contributed by atoms with Gasteiger partial charge in [0.2, 0.25) is 5.78 Å². The van der Waals surface area contributed by atoms with Gasteiger partial charge >= 0.3 is 0 Å². The van der Waals surface area contributed by atoms with Gasteiger partial charge in [0.15, 0.2) is 5.76 Å². The van der Waals surface area contributed by atoms with Gasteiger partial charge in [-0.2, -0.15) is 0 Å². The van der Waals surface area contributed by atoms with Crippen molar-refractivity contribution in [1.29, 1.82) is 0 Å². The van der Waals surface area contributed by atoms with Crippen molar-refractivity contribution in [1.82, 2.24) is 0 Å². The molecule has 0 aliphatic heterocycles. The molecule has 0 saturated heterocycles. The first-order valence-corrected chi connectivity index (χ1v) is 5.90. The Bertz CT molecular complexity index is 560. The number of benzene rings is 1. The molecule has 1 heterocycles. The largest absolute Gasteiger partial charge is 0.458 e. The number of furan rings is 1. The van der Waals surface area contributed by atoms with Crippen molar-refractivity contribution in [2.24, 2.45) is 0 Å². The molecule has 0 saturated carbocycles. The first kappa shape index (κ1) is 12.0. The molecule has 1 aromatic carbocycles. The fourth-order valence-corrected chi connectivity index (χ4v) is 1.93. The zero-order chi connectivity index (χ0) is 12.4. The van der Waals surface area contributed by atoms with Crippen LogP contribution in [0.2, 0.25) is 0 Å². The number of carbonyl (C=O) groups excluding carboxylic acids is 1. The topological polar surface area (TPSA) is 30.2 Å². The SMILES string of the molecule is Cc1ccc(C(=O)Cc2cccc(F)c2Br)o1. The number of hydrogen-bond donors (Lipinski definition) is 0. The minimum atomic E-state index is -0.370. The molecule has 0 amide bonds. The number of halogens is 2. The summed E-state index contributed by atoms with van der Waals surface area (Å²) in [7, 11) is 0. The Balaban J connectivity index is 2.21. The first-order chi connectivity index (χ1) is 8.08. The van der Waals surface area contributed by atoms with Gasteiger partial charge in [-0.25, -0.2) is 4.39 Å². The van der Waals surface area contributed by atoms with Gasteiger partial charge in [0, 0.05) is 6.42 Å². The van der Waals surface area contributed by atoms with Gasteiger partial charge in [0.1, 0.15) is 11.6 Å². The number of hydrogen-bond acceptors (Lipinski definition) is 2. The minimum Gasteiger partial charge on any atom is -0.458 e. The van der Waals surface area contributed by atoms with E-state index in [2.05, 4.69) is 15.9 Å². The molecule has 0 atom stereocenters. The normalized spacial score (nSPS) is 10.5. The van der Waals surface area contributed by atoms with Crippen LogP contribution >= 0.6 is 15.9 Å². The van der Waals surface area contributed by atoms with Gasteiger partial charge in [-0.1, -0.05) is 12.1 Å². The maximum atomic E-state index is 13.3. The van der Waals surface area contributed by atoms with E-state index in [9.17, 15) is 9.18 Å². The van der Waals surface area contributed by atoms with Crippen LogP contribution in [0.1, 0.15) is 21.9 Å². The van der Waals surface area contributed by atoms with E-state index < -0.39 is 0 Å². The maximum absolute atomic E-state index is 13.3. The molecule has 2 nitrogen and oxygen atoms in total. The molecule has 0 aliphatic rings. The molecule has 2 rings (SSSR count). The first-order valence-electron chi connectivity index (χ1n) is 5.10. The highest BCUT2D eigenvalue weighted by Gasteiger charge is 2.14. The quantitative estimate of drug-likeness (QED) is 0.804. The van der Waals surface area contributed by atoms with Crippen molar-refractivity contribution < 1.29 is 13.6 Å². The van der Waals surface area contributed by atoms with Crippen molar-refractivity contribution in [3.8, 4) is 0 Å². The second kappa shape index (κ2) is 4.84. The summed E-state index contributed by atoms with van der Waals surface area (Å²) in [6, 6.07) is 7.99. The van der Waals surface area contributed by atoms with Crippen LogP contribution in [0.3, 0.4) is 0 Å². The van der Waals surface area contributed by atoms with Crippen molar-refractivity contribution in [2.45, 2.75) is 13.3 Å². The van der Waals surface area contributed by atoms with E-state index in [4.69, 9.17) is 4.42 Å². The van der Waals surface area contributed by atoms with Crippen LogP contribution in [0.25, 0.3) is 0 Å². The van der Waals surface area contributed by atoms with Crippen LogP contribution in [0, 0.1) is 12.7 Å². The third-order valence-corrected chi connectivity index (χ3v) is 3.29. The molecular formula is C13H10BrFO2. The summed E-state index contributed by atoms with van der Waals surface area (Å²) in [5.74, 6) is 0.459. The predicted molar refractivity (Wildman–Crippen MR) is 65.6 cm³/mol. The zero-order valence-corrected chi connectivity index (χ0v) is 10.8. The molecule has 4 heteroatoms. The minimum absolute atomic E-state index is 0.116. The highest BCUT2D eigenvalue weighted by molar-refractivity contribution is 9.10. The van der Waals surface area contributed by atoms with E-state index in [1.165, 1.54) is 6.07 Å². The highest BCUT2D eigenvalue weighted by atomic mass is 79.9. The van der Waals surface area contributed by atoms with Gasteiger partial charge in [0.25, 0.3) is 0 Å². The molecule has 0 spiro atoms. The van der Waals surface area contributed by atoms with Crippen molar-refractivity contribution in [3.05, 3.63) is 57.7 Å². The van der Waals surface area contributed by atoms with Crippen LogP contribution in [0.15, 0.2) is 39.2 Å². The van der Waals surface area contributed by atoms with E-state index in [0.717, 1.165) is 0 Å². The third-order valence-electron chi connectivity index (χ3n) is 2.40. The monoisotopic (exact) mass is 296 g/mol. The van der Waals surface area contributed by atoms with Gasteiger partial charge in [-0.15, -0.1) is 0 Å². The summed E-state index contributed by atoms with van der Waals surface area (Å²) in [6.45, 7) is 1.77. The smallest absolute Gasteiger partial charge is 0.202 e. The number of ketones is 1. The fourth-order valence-electron chi connectivity index (χ4n) is 1.53. The molecular weight excluding hydrogens is 287 g/mol. The predicted octanol–water partition coefficient (Wildman–Crippen LogP) is 3.92. The Hall–Kier alpha value is -1.42. The van der Waals surface area contributed by atoms with Gasteiger partial charge in [-0.05, 0) is 46.6 Å². The number of carbonyl (C=O) groups is 1. The van der Waals surface area contributed by atoms with E-state index in [0.29, 0.717) is 21.6 Å². The summed E-state index contributed by atoms with van der Waals surface area (Å²) >= 11 is 3.13. The van der Waals surface area contributed by atoms with Crippen LogP contribution < -0.4 is 0 Å². The van der Waals surface area contributed by atoms with Crippen molar-refractivity contribution in [2.75, 3.05) is 0 Å². The van der Waals surface area contributed by atoms with Crippen LogP contribution in [-0.2, 0) is 6.42 Å². The van der Waals surface area contributed by atoms with Crippen molar-refractivity contribution in [3.63, 3.8) is 0 Å². The van der Waals surface area contributed by atoms with E-state index in [1.54, 1.807) is 31.2 Å². The molecule has 0 aliphatic carbocycles. The summed E-state index contributed by atoms with van der Waals surface area (Å²) < 4.78 is 18.8. The zero-order valence-electron chi connectivity index (χ0n) is 9.17. The molecule has 0 radical (unpaired) electrons. The summed E-state index contributed by atoms with van der Waals surface area (Å²) in [4.78, 5) is 11.9. The third kappa shape index (κ3) is 2.64. The van der Waals surface area contributed by atoms with Crippen LogP contribution in [-0.4, -0.2) is 5.78 Å². The van der Waals surface area contributed by atoms with E-state index in [-0.39, 0.29) is 18.0 Å². The number of Topliss-reactive ketones (excluding diaryl/α,β-unsaturated/α-hetero) is 1. The Kier molecular flexibility index (Phi) is 3.43.